The zero-order valence-corrected chi connectivity index (χ0v) is 12.7. The van der Waals surface area contributed by atoms with Crippen LogP contribution in [0.4, 0.5) is 0 Å². The molecule has 100 valence electrons. The number of aryl methyl sites for hydroxylation is 1. The van der Waals surface area contributed by atoms with Crippen molar-refractivity contribution in [3.8, 4) is 0 Å². The average Bonchev–Trinajstić information content (AvgIpc) is 2.67. The van der Waals surface area contributed by atoms with Crippen LogP contribution < -0.4 is 5.73 Å². The Labute approximate surface area is 116 Å². The van der Waals surface area contributed by atoms with Crippen molar-refractivity contribution >= 4 is 27.6 Å². The minimum absolute atomic E-state index is 0.260. The van der Waals surface area contributed by atoms with Crippen LogP contribution in [-0.2, 0) is 16.6 Å². The zero-order chi connectivity index (χ0) is 14.3. The molecule has 1 heterocycles. The van der Waals surface area contributed by atoms with Crippen LogP contribution in [0.5, 0.6) is 0 Å². The second kappa shape index (κ2) is 7.76. The van der Waals surface area contributed by atoms with Gasteiger partial charge in [-0.2, -0.15) is 0 Å². The van der Waals surface area contributed by atoms with Gasteiger partial charge in [0.05, 0.1) is 18.4 Å². The number of carbonyl (C=O) groups is 1. The zero-order valence-electron chi connectivity index (χ0n) is 11.2. The van der Waals surface area contributed by atoms with Gasteiger partial charge in [0.25, 0.3) is 5.91 Å². The van der Waals surface area contributed by atoms with Gasteiger partial charge in [-0.15, -0.1) is 0 Å². The molecule has 0 spiro atoms. The summed E-state index contributed by atoms with van der Waals surface area (Å²) < 4.78 is 7.94. The van der Waals surface area contributed by atoms with Crippen LogP contribution in [0.3, 0.4) is 0 Å². The maximum atomic E-state index is 11.2. The second-order valence-corrected chi connectivity index (χ2v) is 4.09. The number of ether oxygens (including phenoxy) is 1. The van der Waals surface area contributed by atoms with E-state index >= 15 is 0 Å². The summed E-state index contributed by atoms with van der Waals surface area (Å²) >= 11 is 3.35. The van der Waals surface area contributed by atoms with E-state index in [4.69, 9.17) is 10.5 Å². The Bertz CT molecular complexity index is 462. The van der Waals surface area contributed by atoms with Crippen LogP contribution in [0.1, 0.15) is 19.5 Å². The molecule has 5 heteroatoms. The molecule has 0 bridgehead atoms. The van der Waals surface area contributed by atoms with Gasteiger partial charge in [-0.25, -0.2) is 0 Å². The molecular formula is C13H19BrN2O2. The van der Waals surface area contributed by atoms with E-state index in [0.717, 1.165) is 10.2 Å². The highest BCUT2D eigenvalue weighted by atomic mass is 79.9. The third kappa shape index (κ3) is 3.77. The fourth-order valence-electron chi connectivity index (χ4n) is 1.41. The summed E-state index contributed by atoms with van der Waals surface area (Å²) in [6.45, 7) is 7.55. The molecule has 0 radical (unpaired) electrons. The molecule has 0 atom stereocenters. The van der Waals surface area contributed by atoms with Crippen molar-refractivity contribution in [2.45, 2.75) is 13.8 Å². The molecule has 1 amide bonds. The predicted molar refractivity (Wildman–Crippen MR) is 77.8 cm³/mol. The Hall–Kier alpha value is -1.49. The fourth-order valence-corrected chi connectivity index (χ4v) is 1.93. The number of rotatable bonds is 4. The number of methoxy groups -OCH3 is 1. The molecule has 0 aromatic carbocycles. The van der Waals surface area contributed by atoms with Crippen LogP contribution in [-0.4, -0.2) is 17.6 Å². The van der Waals surface area contributed by atoms with Gasteiger partial charge in [0.1, 0.15) is 0 Å². The van der Waals surface area contributed by atoms with E-state index in [0.29, 0.717) is 5.76 Å². The van der Waals surface area contributed by atoms with Crippen LogP contribution in [0.15, 0.2) is 35.0 Å². The summed E-state index contributed by atoms with van der Waals surface area (Å²) in [5.74, 6) is -0.153. The van der Waals surface area contributed by atoms with Gasteiger partial charge in [0.15, 0.2) is 5.76 Å². The first-order valence-corrected chi connectivity index (χ1v) is 6.33. The lowest BCUT2D eigenvalue weighted by Gasteiger charge is -2.10. The molecule has 18 heavy (non-hydrogen) atoms. The number of primary amides is 1. The first-order chi connectivity index (χ1) is 8.51. The monoisotopic (exact) mass is 314 g/mol. The van der Waals surface area contributed by atoms with E-state index in [9.17, 15) is 4.79 Å². The Morgan fingerprint density at radius 1 is 1.56 bits per heavy atom. The largest absolute Gasteiger partial charge is 0.494 e. The lowest BCUT2D eigenvalue weighted by atomic mass is 10.1. The van der Waals surface area contributed by atoms with E-state index in [1.807, 2.05) is 37.7 Å². The summed E-state index contributed by atoms with van der Waals surface area (Å²) in [4.78, 5) is 11.2. The third-order valence-electron chi connectivity index (χ3n) is 2.12. The number of hydrogen-bond acceptors (Lipinski definition) is 2. The van der Waals surface area contributed by atoms with Gasteiger partial charge in [-0.3, -0.25) is 4.79 Å². The van der Waals surface area contributed by atoms with Crippen LogP contribution in [0.2, 0.25) is 0 Å². The van der Waals surface area contributed by atoms with E-state index in [1.54, 1.807) is 0 Å². The lowest BCUT2D eigenvalue weighted by molar-refractivity contribution is -0.114. The highest BCUT2D eigenvalue weighted by Gasteiger charge is 2.15. The first kappa shape index (κ1) is 16.5. The molecule has 0 saturated heterocycles. The summed E-state index contributed by atoms with van der Waals surface area (Å²) in [5.41, 5.74) is 6.26. The minimum atomic E-state index is -0.566. The maximum Gasteiger partial charge on any atom is 0.252 e. The van der Waals surface area contributed by atoms with E-state index in [-0.39, 0.29) is 5.57 Å². The van der Waals surface area contributed by atoms with Gasteiger partial charge < -0.3 is 15.0 Å². The van der Waals surface area contributed by atoms with Gasteiger partial charge in [-0.1, -0.05) is 26.5 Å². The molecule has 0 saturated carbocycles. The van der Waals surface area contributed by atoms with Crippen LogP contribution in [0, 0.1) is 0 Å². The fraction of sp³-hybridized carbons (Fsp3) is 0.308. The van der Waals surface area contributed by atoms with Crippen molar-refractivity contribution in [2.75, 3.05) is 7.11 Å². The summed E-state index contributed by atoms with van der Waals surface area (Å²) in [6.07, 6.45) is 3.25. The number of nitrogens with zero attached hydrogens (tertiary/aromatic N) is 1. The topological polar surface area (TPSA) is 57.3 Å². The summed E-state index contributed by atoms with van der Waals surface area (Å²) in [5, 5.41) is 0. The predicted octanol–water partition coefficient (Wildman–Crippen LogP) is 2.84. The lowest BCUT2D eigenvalue weighted by Crippen LogP contribution is -2.15. The van der Waals surface area contributed by atoms with Crippen molar-refractivity contribution in [1.82, 2.24) is 4.57 Å². The smallest absolute Gasteiger partial charge is 0.252 e. The molecule has 0 unspecified atom stereocenters. The molecule has 0 aliphatic carbocycles. The Balaban J connectivity index is 0.00000137. The number of amides is 1. The number of carbonyl (C=O) groups excluding carboxylic acids is 1. The van der Waals surface area contributed by atoms with Crippen molar-refractivity contribution in [3.05, 3.63) is 40.7 Å². The van der Waals surface area contributed by atoms with E-state index in [1.165, 1.54) is 13.2 Å². The van der Waals surface area contributed by atoms with Crippen molar-refractivity contribution in [2.24, 2.45) is 12.8 Å². The van der Waals surface area contributed by atoms with Crippen molar-refractivity contribution in [1.29, 1.82) is 0 Å². The van der Waals surface area contributed by atoms with Crippen molar-refractivity contribution in [3.63, 3.8) is 0 Å². The molecule has 0 fully saturated rings. The molecule has 4 nitrogen and oxygen atoms in total. The summed E-state index contributed by atoms with van der Waals surface area (Å²) in [6, 6.07) is 1.84. The Morgan fingerprint density at radius 3 is 2.39 bits per heavy atom. The van der Waals surface area contributed by atoms with Gasteiger partial charge in [0.2, 0.25) is 0 Å². The molecular weight excluding hydrogens is 296 g/mol. The van der Waals surface area contributed by atoms with Crippen LogP contribution >= 0.6 is 15.9 Å². The minimum Gasteiger partial charge on any atom is -0.494 e. The van der Waals surface area contributed by atoms with Gasteiger partial charge >= 0.3 is 0 Å². The first-order valence-electron chi connectivity index (χ1n) is 5.54. The standard InChI is InChI=1S/C11H13BrN2O2.C2H6/c1-4-8(11(13)15)10(16-3)9-5-7(12)6-14(9)2;1-2/h4-6H,1H2,2-3H3,(H2,13,15);1-2H3/b10-8-;. The normalized spacial score (nSPS) is 10.9. The SMILES string of the molecule is C=C/C(C(N)=O)=C(/OC)c1cc(Br)cn1C.CC. The van der Waals surface area contributed by atoms with Crippen molar-refractivity contribution < 1.29 is 9.53 Å². The molecule has 1 rings (SSSR count). The number of aromatic nitrogens is 1. The number of hydrogen-bond donors (Lipinski definition) is 1. The van der Waals surface area contributed by atoms with E-state index in [2.05, 4.69) is 22.5 Å². The highest BCUT2D eigenvalue weighted by molar-refractivity contribution is 9.10. The third-order valence-corrected chi connectivity index (χ3v) is 2.56. The van der Waals surface area contributed by atoms with Gasteiger partial charge in [0, 0.05) is 17.7 Å². The molecule has 1 aromatic heterocycles. The van der Waals surface area contributed by atoms with Crippen LogP contribution in [0.25, 0.3) is 5.76 Å². The second-order valence-electron chi connectivity index (χ2n) is 3.17. The number of halogens is 1. The number of nitrogens with two attached hydrogens (primary N) is 1. The molecule has 0 aliphatic rings. The average molecular weight is 315 g/mol. The maximum absolute atomic E-state index is 11.2. The quantitative estimate of drug-likeness (QED) is 0.528. The molecule has 2 N–H and O–H groups in total. The Kier molecular flexibility index (Phi) is 7.12. The molecule has 0 aliphatic heterocycles. The molecule has 1 aromatic rings. The summed E-state index contributed by atoms with van der Waals surface area (Å²) in [7, 11) is 3.34. The highest BCUT2D eigenvalue weighted by Crippen LogP contribution is 2.24. The van der Waals surface area contributed by atoms with Gasteiger partial charge in [-0.05, 0) is 22.0 Å². The van der Waals surface area contributed by atoms with E-state index < -0.39 is 5.91 Å². The Morgan fingerprint density at radius 2 is 2.11 bits per heavy atom.